The van der Waals surface area contributed by atoms with Gasteiger partial charge >= 0.3 is 5.97 Å². The molecule has 0 bridgehead atoms. The van der Waals surface area contributed by atoms with E-state index >= 15 is 0 Å². The number of nitrogens with one attached hydrogen (secondary N) is 1. The summed E-state index contributed by atoms with van der Waals surface area (Å²) >= 11 is 6.80. The Kier molecular flexibility index (Phi) is 6.37. The fourth-order valence-electron chi connectivity index (χ4n) is 2.29. The van der Waals surface area contributed by atoms with Crippen LogP contribution in [0.4, 0.5) is 5.00 Å². The lowest BCUT2D eigenvalue weighted by molar-refractivity contribution is -0.130. The van der Waals surface area contributed by atoms with Gasteiger partial charge in [-0.3, -0.25) is 14.5 Å². The average Bonchev–Trinajstić information content (AvgIpc) is 3.02. The van der Waals surface area contributed by atoms with Gasteiger partial charge in [-0.1, -0.05) is 0 Å². The van der Waals surface area contributed by atoms with Crippen LogP contribution in [0.25, 0.3) is 0 Å². The SMILES string of the molecule is COC(=O)c1ccsc1NC(=O)CN1CCN(C(=O)CCl)CC1. The Balaban J connectivity index is 1.83. The Morgan fingerprint density at radius 2 is 2.00 bits per heavy atom. The van der Waals surface area contributed by atoms with E-state index in [0.29, 0.717) is 36.7 Å². The molecular formula is C14H18ClN3O4S. The quantitative estimate of drug-likeness (QED) is 0.623. The van der Waals surface area contributed by atoms with Crippen molar-refractivity contribution in [1.82, 2.24) is 9.80 Å². The van der Waals surface area contributed by atoms with Gasteiger partial charge in [0.1, 0.15) is 10.9 Å². The highest BCUT2D eigenvalue weighted by atomic mass is 35.5. The van der Waals surface area contributed by atoms with Crippen LogP contribution in [-0.2, 0) is 14.3 Å². The van der Waals surface area contributed by atoms with Crippen molar-refractivity contribution >= 4 is 45.7 Å². The lowest BCUT2D eigenvalue weighted by Crippen LogP contribution is -2.50. The molecule has 7 nitrogen and oxygen atoms in total. The van der Waals surface area contributed by atoms with Crippen molar-refractivity contribution in [2.75, 3.05) is 51.0 Å². The molecule has 1 saturated heterocycles. The van der Waals surface area contributed by atoms with E-state index in [9.17, 15) is 14.4 Å². The van der Waals surface area contributed by atoms with Crippen LogP contribution in [0.1, 0.15) is 10.4 Å². The van der Waals surface area contributed by atoms with Crippen LogP contribution in [0, 0.1) is 0 Å². The first kappa shape index (κ1) is 17.7. The Labute approximate surface area is 143 Å². The number of piperazine rings is 1. The molecule has 0 unspecified atom stereocenters. The normalized spacial score (nSPS) is 15.3. The molecule has 23 heavy (non-hydrogen) atoms. The lowest BCUT2D eigenvalue weighted by atomic mass is 10.3. The number of carbonyl (C=O) groups excluding carboxylic acids is 3. The number of esters is 1. The van der Waals surface area contributed by atoms with Crippen LogP contribution in [0.2, 0.25) is 0 Å². The molecule has 1 aromatic heterocycles. The first-order chi connectivity index (χ1) is 11.0. The number of anilines is 1. The molecule has 0 radical (unpaired) electrons. The fourth-order valence-corrected chi connectivity index (χ4v) is 3.25. The number of ether oxygens (including phenoxy) is 1. The predicted molar refractivity (Wildman–Crippen MR) is 88.0 cm³/mol. The number of hydrogen-bond donors (Lipinski definition) is 1. The maximum Gasteiger partial charge on any atom is 0.340 e. The van der Waals surface area contributed by atoms with Crippen molar-refractivity contribution in [3.05, 3.63) is 17.0 Å². The van der Waals surface area contributed by atoms with Crippen molar-refractivity contribution in [1.29, 1.82) is 0 Å². The zero-order chi connectivity index (χ0) is 16.8. The summed E-state index contributed by atoms with van der Waals surface area (Å²) in [5.74, 6) is -0.781. The second kappa shape index (κ2) is 8.28. The highest BCUT2D eigenvalue weighted by Crippen LogP contribution is 2.23. The third-order valence-corrected chi connectivity index (χ3v) is 4.59. The third-order valence-electron chi connectivity index (χ3n) is 3.53. The maximum absolute atomic E-state index is 12.1. The van der Waals surface area contributed by atoms with E-state index in [-0.39, 0.29) is 24.2 Å². The number of methoxy groups -OCH3 is 1. The number of nitrogens with zero attached hydrogens (tertiary/aromatic N) is 2. The Morgan fingerprint density at radius 3 is 2.61 bits per heavy atom. The molecule has 0 saturated carbocycles. The van der Waals surface area contributed by atoms with Crippen molar-refractivity contribution < 1.29 is 19.1 Å². The van der Waals surface area contributed by atoms with Crippen molar-refractivity contribution in [2.45, 2.75) is 0 Å². The highest BCUT2D eigenvalue weighted by molar-refractivity contribution is 7.14. The predicted octanol–water partition coefficient (Wildman–Crippen LogP) is 0.856. The summed E-state index contributed by atoms with van der Waals surface area (Å²) in [5.41, 5.74) is 0.350. The largest absolute Gasteiger partial charge is 0.465 e. The minimum absolute atomic E-state index is 0.0187. The number of amides is 2. The number of alkyl halides is 1. The van der Waals surface area contributed by atoms with Gasteiger partial charge in [0.25, 0.3) is 0 Å². The summed E-state index contributed by atoms with van der Waals surface area (Å²) in [6, 6.07) is 1.61. The number of carbonyl (C=O) groups is 3. The van der Waals surface area contributed by atoms with E-state index in [2.05, 4.69) is 10.1 Å². The van der Waals surface area contributed by atoms with Gasteiger partial charge in [-0.25, -0.2) is 4.79 Å². The molecule has 2 rings (SSSR count). The monoisotopic (exact) mass is 359 g/mol. The van der Waals surface area contributed by atoms with Gasteiger partial charge in [0.05, 0.1) is 19.2 Å². The van der Waals surface area contributed by atoms with Gasteiger partial charge in [-0.15, -0.1) is 22.9 Å². The Morgan fingerprint density at radius 1 is 1.30 bits per heavy atom. The molecule has 126 valence electrons. The van der Waals surface area contributed by atoms with Crippen LogP contribution in [0.15, 0.2) is 11.4 Å². The number of hydrogen-bond acceptors (Lipinski definition) is 6. The summed E-state index contributed by atoms with van der Waals surface area (Å²) < 4.78 is 4.67. The highest BCUT2D eigenvalue weighted by Gasteiger charge is 2.22. The van der Waals surface area contributed by atoms with Crippen molar-refractivity contribution in [3.63, 3.8) is 0 Å². The van der Waals surface area contributed by atoms with Gasteiger partial charge < -0.3 is 15.0 Å². The second-order valence-corrected chi connectivity index (χ2v) is 6.18. The minimum Gasteiger partial charge on any atom is -0.465 e. The van der Waals surface area contributed by atoms with Crippen molar-refractivity contribution in [2.24, 2.45) is 0 Å². The van der Waals surface area contributed by atoms with Crippen LogP contribution in [0.3, 0.4) is 0 Å². The smallest absolute Gasteiger partial charge is 0.340 e. The molecule has 1 aliphatic rings. The Bertz CT molecular complexity index is 584. The fraction of sp³-hybridized carbons (Fsp3) is 0.500. The second-order valence-electron chi connectivity index (χ2n) is 4.99. The maximum atomic E-state index is 12.1. The molecular weight excluding hydrogens is 342 g/mol. The first-order valence-corrected chi connectivity index (χ1v) is 8.48. The molecule has 0 aliphatic carbocycles. The van der Waals surface area contributed by atoms with E-state index in [0.717, 1.165) is 0 Å². The summed E-state index contributed by atoms with van der Waals surface area (Å²) in [6.07, 6.45) is 0. The van der Waals surface area contributed by atoms with Crippen LogP contribution >= 0.6 is 22.9 Å². The van der Waals surface area contributed by atoms with Crippen LogP contribution in [-0.4, -0.2) is 73.3 Å². The summed E-state index contributed by atoms with van der Waals surface area (Å²) in [7, 11) is 1.30. The number of thiophene rings is 1. The van der Waals surface area contributed by atoms with E-state index in [1.165, 1.54) is 18.4 Å². The molecule has 0 aromatic carbocycles. The van der Waals surface area contributed by atoms with Crippen molar-refractivity contribution in [3.8, 4) is 0 Å². The zero-order valence-corrected chi connectivity index (χ0v) is 14.3. The molecule has 9 heteroatoms. The topological polar surface area (TPSA) is 79.0 Å². The summed E-state index contributed by atoms with van der Waals surface area (Å²) in [6.45, 7) is 2.56. The van der Waals surface area contributed by atoms with Gasteiger partial charge in [0.15, 0.2) is 0 Å². The molecule has 1 N–H and O–H groups in total. The molecule has 0 atom stereocenters. The zero-order valence-electron chi connectivity index (χ0n) is 12.7. The molecule has 1 fully saturated rings. The number of halogens is 1. The number of rotatable bonds is 5. The Hall–Kier alpha value is -1.64. The van der Waals surface area contributed by atoms with Gasteiger partial charge in [0.2, 0.25) is 11.8 Å². The molecule has 2 amide bonds. The van der Waals surface area contributed by atoms with E-state index in [1.54, 1.807) is 16.3 Å². The summed E-state index contributed by atoms with van der Waals surface area (Å²) in [5, 5.41) is 4.94. The third kappa shape index (κ3) is 4.66. The molecule has 2 heterocycles. The van der Waals surface area contributed by atoms with Gasteiger partial charge in [0, 0.05) is 26.2 Å². The van der Waals surface area contributed by atoms with Crippen LogP contribution < -0.4 is 5.32 Å². The first-order valence-electron chi connectivity index (χ1n) is 7.07. The van der Waals surface area contributed by atoms with E-state index in [4.69, 9.17) is 11.6 Å². The molecule has 1 aromatic rings. The lowest BCUT2D eigenvalue weighted by Gasteiger charge is -2.33. The van der Waals surface area contributed by atoms with E-state index < -0.39 is 5.97 Å². The molecule has 0 spiro atoms. The van der Waals surface area contributed by atoms with Gasteiger partial charge in [-0.2, -0.15) is 0 Å². The van der Waals surface area contributed by atoms with E-state index in [1.807, 2.05) is 4.90 Å². The summed E-state index contributed by atoms with van der Waals surface area (Å²) in [4.78, 5) is 38.8. The average molecular weight is 360 g/mol. The molecule has 1 aliphatic heterocycles. The standard InChI is InChI=1S/C14H18ClN3O4S/c1-22-14(21)10-2-7-23-13(10)16-11(19)9-17-3-5-18(6-4-17)12(20)8-15/h2,7H,3-6,8-9H2,1H3,(H,16,19). The van der Waals surface area contributed by atoms with Gasteiger partial charge in [-0.05, 0) is 11.4 Å². The minimum atomic E-state index is -0.477. The van der Waals surface area contributed by atoms with Crippen LogP contribution in [0.5, 0.6) is 0 Å².